The molecule has 6 heteroatoms. The van der Waals surface area contributed by atoms with Crippen LogP contribution in [0.3, 0.4) is 0 Å². The Kier molecular flexibility index (Phi) is 3.74. The molecule has 1 aliphatic carbocycles. The van der Waals surface area contributed by atoms with E-state index in [0.29, 0.717) is 18.9 Å². The molecule has 0 bridgehead atoms. The number of carbonyl (C=O) groups excluding carboxylic acids is 2. The number of rotatable bonds is 5. The molecule has 0 aromatic carbocycles. The molecule has 0 spiro atoms. The van der Waals surface area contributed by atoms with Crippen LogP contribution in [0.4, 0.5) is 0 Å². The van der Waals surface area contributed by atoms with Gasteiger partial charge in [-0.15, -0.1) is 11.3 Å². The van der Waals surface area contributed by atoms with E-state index in [1.165, 1.54) is 11.3 Å². The van der Waals surface area contributed by atoms with Crippen molar-refractivity contribution in [3.05, 3.63) is 16.6 Å². The largest absolute Gasteiger partial charge is 0.342 e. The summed E-state index contributed by atoms with van der Waals surface area (Å²) in [5.41, 5.74) is 0. The summed E-state index contributed by atoms with van der Waals surface area (Å²) in [7, 11) is 0. The average molecular weight is 293 g/mol. The SMILES string of the molecule is CCCC1C(=O)NC(C2CC2)C(=O)N1Cc1nccs1. The molecule has 108 valence electrons. The number of carbonyl (C=O) groups is 2. The van der Waals surface area contributed by atoms with Gasteiger partial charge in [-0.05, 0) is 25.2 Å². The second-order valence-electron chi connectivity index (χ2n) is 5.52. The predicted octanol–water partition coefficient (Wildman–Crippen LogP) is 1.55. The number of amides is 2. The third kappa shape index (κ3) is 2.57. The second-order valence-corrected chi connectivity index (χ2v) is 6.50. The lowest BCUT2D eigenvalue weighted by Crippen LogP contribution is -2.63. The molecule has 2 amide bonds. The zero-order chi connectivity index (χ0) is 14.1. The van der Waals surface area contributed by atoms with Crippen molar-refractivity contribution >= 4 is 23.2 Å². The smallest absolute Gasteiger partial charge is 0.246 e. The number of piperazine rings is 1. The van der Waals surface area contributed by atoms with Crippen LogP contribution in [0.15, 0.2) is 11.6 Å². The maximum absolute atomic E-state index is 12.7. The molecule has 1 aromatic heterocycles. The van der Waals surface area contributed by atoms with Gasteiger partial charge in [0, 0.05) is 11.6 Å². The summed E-state index contributed by atoms with van der Waals surface area (Å²) in [6, 6.07) is -0.651. The fraction of sp³-hybridized carbons (Fsp3) is 0.643. The van der Waals surface area contributed by atoms with Crippen molar-refractivity contribution in [3.63, 3.8) is 0 Å². The first-order chi connectivity index (χ1) is 9.70. The predicted molar refractivity (Wildman–Crippen MR) is 76.0 cm³/mol. The van der Waals surface area contributed by atoms with Gasteiger partial charge in [0.05, 0.1) is 6.54 Å². The van der Waals surface area contributed by atoms with Crippen LogP contribution in [0.5, 0.6) is 0 Å². The van der Waals surface area contributed by atoms with Crippen LogP contribution in [0.1, 0.15) is 37.6 Å². The highest BCUT2D eigenvalue weighted by atomic mass is 32.1. The summed E-state index contributed by atoms with van der Waals surface area (Å²) in [5.74, 6) is 0.411. The third-order valence-corrected chi connectivity index (χ3v) is 4.73. The summed E-state index contributed by atoms with van der Waals surface area (Å²) in [5, 5.41) is 5.72. The van der Waals surface area contributed by atoms with Crippen LogP contribution >= 0.6 is 11.3 Å². The van der Waals surface area contributed by atoms with Crippen molar-refractivity contribution < 1.29 is 9.59 Å². The summed E-state index contributed by atoms with van der Waals surface area (Å²) < 4.78 is 0. The number of nitrogens with zero attached hydrogens (tertiary/aromatic N) is 2. The Balaban J connectivity index is 1.82. The van der Waals surface area contributed by atoms with Crippen LogP contribution in [0.25, 0.3) is 0 Å². The van der Waals surface area contributed by atoms with Crippen LogP contribution in [-0.4, -0.2) is 33.8 Å². The normalized spacial score (nSPS) is 26.8. The van der Waals surface area contributed by atoms with Gasteiger partial charge < -0.3 is 10.2 Å². The molecule has 20 heavy (non-hydrogen) atoms. The highest BCUT2D eigenvalue weighted by molar-refractivity contribution is 7.09. The molecule has 2 heterocycles. The molecule has 5 nitrogen and oxygen atoms in total. The van der Waals surface area contributed by atoms with E-state index in [1.54, 1.807) is 11.1 Å². The van der Waals surface area contributed by atoms with E-state index in [-0.39, 0.29) is 23.9 Å². The number of hydrogen-bond acceptors (Lipinski definition) is 4. The topological polar surface area (TPSA) is 62.3 Å². The molecule has 1 aromatic rings. The Morgan fingerprint density at radius 3 is 2.85 bits per heavy atom. The van der Waals surface area contributed by atoms with E-state index in [0.717, 1.165) is 24.3 Å². The Bertz CT molecular complexity index is 499. The number of hydrogen-bond donors (Lipinski definition) is 1. The zero-order valence-corrected chi connectivity index (χ0v) is 12.4. The highest BCUT2D eigenvalue weighted by Gasteiger charge is 2.46. The molecular weight excluding hydrogens is 274 g/mol. The molecule has 1 saturated heterocycles. The maximum Gasteiger partial charge on any atom is 0.246 e. The molecule has 1 aliphatic heterocycles. The summed E-state index contributed by atoms with van der Waals surface area (Å²) in [4.78, 5) is 30.9. The van der Waals surface area contributed by atoms with Crippen molar-refractivity contribution in [1.29, 1.82) is 0 Å². The van der Waals surface area contributed by atoms with Gasteiger partial charge in [-0.2, -0.15) is 0 Å². The minimum absolute atomic E-state index is 0.0000869. The van der Waals surface area contributed by atoms with Gasteiger partial charge in [0.15, 0.2) is 0 Å². The molecule has 2 fully saturated rings. The molecule has 2 aliphatic rings. The third-order valence-electron chi connectivity index (χ3n) is 3.97. The zero-order valence-electron chi connectivity index (χ0n) is 11.5. The minimum Gasteiger partial charge on any atom is -0.342 e. The fourth-order valence-corrected chi connectivity index (χ4v) is 3.37. The van der Waals surface area contributed by atoms with Gasteiger partial charge in [-0.25, -0.2) is 4.98 Å². The van der Waals surface area contributed by atoms with E-state index in [2.05, 4.69) is 10.3 Å². The summed E-state index contributed by atoms with van der Waals surface area (Å²) in [6.45, 7) is 2.49. The fourth-order valence-electron chi connectivity index (χ4n) is 2.76. The summed E-state index contributed by atoms with van der Waals surface area (Å²) in [6.07, 6.45) is 5.41. The van der Waals surface area contributed by atoms with Gasteiger partial charge >= 0.3 is 0 Å². The molecule has 3 rings (SSSR count). The maximum atomic E-state index is 12.7. The highest BCUT2D eigenvalue weighted by Crippen LogP contribution is 2.35. The van der Waals surface area contributed by atoms with Gasteiger partial charge in [-0.3, -0.25) is 9.59 Å². The molecule has 1 N–H and O–H groups in total. The van der Waals surface area contributed by atoms with Gasteiger partial charge in [0.2, 0.25) is 11.8 Å². The standard InChI is InChI=1S/C14H19N3O2S/c1-2-3-10-13(18)16-12(9-4-5-9)14(19)17(10)8-11-15-6-7-20-11/h6-7,9-10,12H,2-5,8H2,1H3,(H,16,18). The first kappa shape index (κ1) is 13.5. The first-order valence-corrected chi connectivity index (χ1v) is 8.08. The van der Waals surface area contributed by atoms with Crippen molar-refractivity contribution in [1.82, 2.24) is 15.2 Å². The number of aromatic nitrogens is 1. The average Bonchev–Trinajstić information content (AvgIpc) is 3.15. The van der Waals surface area contributed by atoms with Gasteiger partial charge in [-0.1, -0.05) is 13.3 Å². The number of thiazole rings is 1. The lowest BCUT2D eigenvalue weighted by Gasteiger charge is -2.38. The second kappa shape index (κ2) is 5.52. The quantitative estimate of drug-likeness (QED) is 0.896. The molecular formula is C14H19N3O2S. The van der Waals surface area contributed by atoms with Crippen molar-refractivity contribution in [2.24, 2.45) is 5.92 Å². The van der Waals surface area contributed by atoms with Crippen LogP contribution in [0.2, 0.25) is 0 Å². The monoisotopic (exact) mass is 293 g/mol. The Hall–Kier alpha value is -1.43. The van der Waals surface area contributed by atoms with Crippen LogP contribution in [-0.2, 0) is 16.1 Å². The van der Waals surface area contributed by atoms with E-state index < -0.39 is 0 Å². The molecule has 2 unspecified atom stereocenters. The number of nitrogens with one attached hydrogen (secondary N) is 1. The van der Waals surface area contributed by atoms with E-state index >= 15 is 0 Å². The summed E-state index contributed by atoms with van der Waals surface area (Å²) >= 11 is 1.53. The lowest BCUT2D eigenvalue weighted by atomic mass is 10.0. The minimum atomic E-state index is -0.341. The Labute approximate surface area is 122 Å². The van der Waals surface area contributed by atoms with Crippen LogP contribution in [0, 0.1) is 5.92 Å². The Morgan fingerprint density at radius 1 is 1.45 bits per heavy atom. The molecule has 0 radical (unpaired) electrons. The first-order valence-electron chi connectivity index (χ1n) is 7.20. The van der Waals surface area contributed by atoms with E-state index in [4.69, 9.17) is 0 Å². The van der Waals surface area contributed by atoms with E-state index in [9.17, 15) is 9.59 Å². The van der Waals surface area contributed by atoms with E-state index in [1.807, 2.05) is 12.3 Å². The van der Waals surface area contributed by atoms with Gasteiger partial charge in [0.1, 0.15) is 17.1 Å². The molecule has 2 atom stereocenters. The van der Waals surface area contributed by atoms with Crippen molar-refractivity contribution in [3.8, 4) is 0 Å². The van der Waals surface area contributed by atoms with Crippen molar-refractivity contribution in [2.75, 3.05) is 0 Å². The lowest BCUT2D eigenvalue weighted by molar-refractivity contribution is -0.151. The van der Waals surface area contributed by atoms with Crippen LogP contribution < -0.4 is 5.32 Å². The van der Waals surface area contributed by atoms with Crippen molar-refractivity contribution in [2.45, 2.75) is 51.2 Å². The Morgan fingerprint density at radius 2 is 2.25 bits per heavy atom. The molecule has 1 saturated carbocycles. The van der Waals surface area contributed by atoms with Gasteiger partial charge in [0.25, 0.3) is 0 Å².